The van der Waals surface area contributed by atoms with Gasteiger partial charge in [0, 0.05) is 19.3 Å². The minimum atomic E-state index is -0.460. The number of carbonyl (C=O) groups is 2. The lowest BCUT2D eigenvalue weighted by Gasteiger charge is -2.25. The monoisotopic (exact) mass is 404 g/mol. The maximum atomic E-state index is 14.1. The van der Waals surface area contributed by atoms with Crippen LogP contribution in [0.25, 0.3) is 0 Å². The SMILES string of the molecule is O=C(CN1CCN(c2ccccc2F)C1=O)N(Cc1ccccc1)c1ccccn1. The minimum Gasteiger partial charge on any atom is -0.313 e. The first-order valence-corrected chi connectivity index (χ1v) is 9.70. The number of rotatable bonds is 6. The van der Waals surface area contributed by atoms with E-state index in [1.165, 1.54) is 15.9 Å². The smallest absolute Gasteiger partial charge is 0.313 e. The molecule has 0 aliphatic carbocycles. The Kier molecular flexibility index (Phi) is 5.70. The first-order chi connectivity index (χ1) is 14.6. The van der Waals surface area contributed by atoms with Crippen molar-refractivity contribution in [3.63, 3.8) is 0 Å². The number of urea groups is 1. The van der Waals surface area contributed by atoms with Crippen LogP contribution in [0.4, 0.5) is 20.7 Å². The van der Waals surface area contributed by atoms with Crippen LogP contribution in [0.3, 0.4) is 0 Å². The fourth-order valence-electron chi connectivity index (χ4n) is 3.45. The number of halogens is 1. The maximum absolute atomic E-state index is 14.1. The van der Waals surface area contributed by atoms with Crippen LogP contribution in [-0.4, -0.2) is 41.5 Å². The molecule has 1 fully saturated rings. The van der Waals surface area contributed by atoms with E-state index in [1.54, 1.807) is 41.4 Å². The Labute approximate surface area is 174 Å². The summed E-state index contributed by atoms with van der Waals surface area (Å²) >= 11 is 0. The van der Waals surface area contributed by atoms with Gasteiger partial charge in [0.2, 0.25) is 5.91 Å². The van der Waals surface area contributed by atoms with Crippen molar-refractivity contribution in [3.05, 3.63) is 90.4 Å². The van der Waals surface area contributed by atoms with Gasteiger partial charge in [-0.25, -0.2) is 14.2 Å². The van der Waals surface area contributed by atoms with E-state index >= 15 is 0 Å². The summed E-state index contributed by atoms with van der Waals surface area (Å²) in [6.07, 6.45) is 1.63. The van der Waals surface area contributed by atoms with Crippen LogP contribution < -0.4 is 9.80 Å². The number of anilines is 2. The van der Waals surface area contributed by atoms with Gasteiger partial charge in [0.1, 0.15) is 18.2 Å². The Balaban J connectivity index is 1.51. The van der Waals surface area contributed by atoms with Gasteiger partial charge < -0.3 is 4.90 Å². The molecular weight excluding hydrogens is 383 g/mol. The number of pyridine rings is 1. The van der Waals surface area contributed by atoms with Crippen LogP contribution in [0.15, 0.2) is 79.0 Å². The van der Waals surface area contributed by atoms with Crippen molar-refractivity contribution in [2.75, 3.05) is 29.4 Å². The zero-order valence-electron chi connectivity index (χ0n) is 16.3. The van der Waals surface area contributed by atoms with Gasteiger partial charge in [0.25, 0.3) is 0 Å². The molecule has 30 heavy (non-hydrogen) atoms. The standard InChI is InChI=1S/C23H21FN4O2/c24-19-10-4-5-11-20(19)27-15-14-26(23(27)30)17-22(29)28(21-12-6-7-13-25-21)16-18-8-2-1-3-9-18/h1-13H,14-17H2. The second kappa shape index (κ2) is 8.73. The lowest BCUT2D eigenvalue weighted by Crippen LogP contribution is -2.42. The van der Waals surface area contributed by atoms with E-state index in [0.29, 0.717) is 25.5 Å². The number of nitrogens with zero attached hydrogens (tertiary/aromatic N) is 4. The summed E-state index contributed by atoms with van der Waals surface area (Å²) in [5.74, 6) is -0.191. The van der Waals surface area contributed by atoms with E-state index < -0.39 is 5.82 Å². The molecule has 7 heteroatoms. The zero-order valence-corrected chi connectivity index (χ0v) is 16.3. The average molecular weight is 404 g/mol. The minimum absolute atomic E-state index is 0.104. The molecule has 0 spiro atoms. The van der Waals surface area contributed by atoms with E-state index in [1.807, 2.05) is 36.4 Å². The van der Waals surface area contributed by atoms with E-state index in [0.717, 1.165) is 5.56 Å². The van der Waals surface area contributed by atoms with Gasteiger partial charge in [-0.05, 0) is 29.8 Å². The molecule has 1 aliphatic rings. The molecule has 4 rings (SSSR count). The summed E-state index contributed by atoms with van der Waals surface area (Å²) in [6.45, 7) is 0.915. The molecule has 3 aromatic rings. The molecule has 0 bridgehead atoms. The van der Waals surface area contributed by atoms with Gasteiger partial charge >= 0.3 is 6.03 Å². The number of para-hydroxylation sites is 1. The number of aromatic nitrogens is 1. The molecule has 152 valence electrons. The number of carbonyl (C=O) groups excluding carboxylic acids is 2. The predicted molar refractivity (Wildman–Crippen MR) is 113 cm³/mol. The second-order valence-corrected chi connectivity index (χ2v) is 6.96. The van der Waals surface area contributed by atoms with Gasteiger partial charge in [0.15, 0.2) is 0 Å². The zero-order chi connectivity index (χ0) is 20.9. The van der Waals surface area contributed by atoms with Crippen molar-refractivity contribution in [2.24, 2.45) is 0 Å². The van der Waals surface area contributed by atoms with E-state index in [-0.39, 0.29) is 24.2 Å². The fraction of sp³-hybridized carbons (Fsp3) is 0.174. The highest BCUT2D eigenvalue weighted by atomic mass is 19.1. The predicted octanol–water partition coefficient (Wildman–Crippen LogP) is 3.70. The molecule has 6 nitrogen and oxygen atoms in total. The Morgan fingerprint density at radius 3 is 2.43 bits per heavy atom. The van der Waals surface area contributed by atoms with E-state index in [2.05, 4.69) is 4.98 Å². The Bertz CT molecular complexity index is 1030. The van der Waals surface area contributed by atoms with Crippen molar-refractivity contribution >= 4 is 23.4 Å². The van der Waals surface area contributed by atoms with E-state index in [9.17, 15) is 14.0 Å². The highest BCUT2D eigenvalue weighted by Crippen LogP contribution is 2.24. The lowest BCUT2D eigenvalue weighted by atomic mass is 10.2. The van der Waals surface area contributed by atoms with Crippen LogP contribution in [0.2, 0.25) is 0 Å². The molecule has 0 saturated carbocycles. The molecule has 2 aromatic carbocycles. The molecule has 0 N–H and O–H groups in total. The lowest BCUT2D eigenvalue weighted by molar-refractivity contribution is -0.119. The summed E-state index contributed by atoms with van der Waals surface area (Å²) in [6, 6.07) is 20.7. The van der Waals surface area contributed by atoms with Crippen molar-refractivity contribution in [1.82, 2.24) is 9.88 Å². The van der Waals surface area contributed by atoms with E-state index in [4.69, 9.17) is 0 Å². The van der Waals surface area contributed by atoms with Crippen LogP contribution >= 0.6 is 0 Å². The van der Waals surface area contributed by atoms with Crippen LogP contribution in [0.5, 0.6) is 0 Å². The van der Waals surface area contributed by atoms with Crippen molar-refractivity contribution in [1.29, 1.82) is 0 Å². The molecule has 2 heterocycles. The maximum Gasteiger partial charge on any atom is 0.325 e. The number of benzene rings is 2. The van der Waals surface area contributed by atoms with Crippen molar-refractivity contribution in [3.8, 4) is 0 Å². The van der Waals surface area contributed by atoms with Gasteiger partial charge in [0.05, 0.1) is 12.2 Å². The normalized spacial score (nSPS) is 13.6. The quantitative estimate of drug-likeness (QED) is 0.630. The molecular formula is C23H21FN4O2. The third kappa shape index (κ3) is 4.15. The van der Waals surface area contributed by atoms with Gasteiger partial charge in [-0.15, -0.1) is 0 Å². The summed E-state index contributed by atoms with van der Waals surface area (Å²) in [7, 11) is 0. The molecule has 1 saturated heterocycles. The molecule has 1 aliphatic heterocycles. The van der Waals surface area contributed by atoms with Crippen LogP contribution in [0, 0.1) is 5.82 Å². The van der Waals surface area contributed by atoms with Gasteiger partial charge in [-0.3, -0.25) is 14.6 Å². The number of hydrogen-bond donors (Lipinski definition) is 0. The largest absolute Gasteiger partial charge is 0.325 e. The fourth-order valence-corrected chi connectivity index (χ4v) is 3.45. The summed E-state index contributed by atoms with van der Waals surface area (Å²) in [5, 5.41) is 0. The first-order valence-electron chi connectivity index (χ1n) is 9.70. The Morgan fingerprint density at radius 1 is 0.967 bits per heavy atom. The average Bonchev–Trinajstić information content (AvgIpc) is 3.13. The first kappa shape index (κ1) is 19.6. The second-order valence-electron chi connectivity index (χ2n) is 6.96. The molecule has 0 atom stereocenters. The summed E-state index contributed by atoms with van der Waals surface area (Å²) in [5.41, 5.74) is 1.18. The van der Waals surface area contributed by atoms with Crippen molar-refractivity contribution < 1.29 is 14.0 Å². The van der Waals surface area contributed by atoms with Gasteiger partial charge in [-0.1, -0.05) is 48.5 Å². The van der Waals surface area contributed by atoms with Crippen molar-refractivity contribution in [2.45, 2.75) is 6.54 Å². The van der Waals surface area contributed by atoms with Crippen LogP contribution in [0.1, 0.15) is 5.56 Å². The third-order valence-electron chi connectivity index (χ3n) is 4.97. The van der Waals surface area contributed by atoms with Crippen LogP contribution in [-0.2, 0) is 11.3 Å². The summed E-state index contributed by atoms with van der Waals surface area (Å²) in [4.78, 5) is 34.6. The Hall–Kier alpha value is -3.74. The highest BCUT2D eigenvalue weighted by molar-refractivity contribution is 6.00. The topological polar surface area (TPSA) is 56.8 Å². The summed E-state index contributed by atoms with van der Waals surface area (Å²) < 4.78 is 14.1. The number of hydrogen-bond acceptors (Lipinski definition) is 3. The van der Waals surface area contributed by atoms with Gasteiger partial charge in [-0.2, -0.15) is 0 Å². The third-order valence-corrected chi connectivity index (χ3v) is 4.97. The molecule has 3 amide bonds. The molecule has 0 unspecified atom stereocenters. The highest BCUT2D eigenvalue weighted by Gasteiger charge is 2.33. The Morgan fingerprint density at radius 2 is 1.70 bits per heavy atom. The molecule has 1 aromatic heterocycles. The molecule has 0 radical (unpaired) electrons. The number of amides is 3.